The van der Waals surface area contributed by atoms with Gasteiger partial charge in [-0.25, -0.2) is 9.07 Å². The number of benzene rings is 1. The normalized spacial score (nSPS) is 25.9. The Morgan fingerprint density at radius 2 is 2.35 bits per heavy atom. The molecule has 138 valence electrons. The lowest BCUT2D eigenvalue weighted by Gasteiger charge is -2.29. The second kappa shape index (κ2) is 7.71. The molecule has 0 saturated carbocycles. The van der Waals surface area contributed by atoms with E-state index in [1.54, 1.807) is 12.1 Å². The van der Waals surface area contributed by atoms with Crippen LogP contribution in [0.4, 0.5) is 4.39 Å². The fourth-order valence-corrected chi connectivity index (χ4v) is 4.64. The zero-order chi connectivity index (χ0) is 17.9. The summed E-state index contributed by atoms with van der Waals surface area (Å²) in [5.41, 5.74) is 0.552. The molecule has 2 aliphatic rings. The summed E-state index contributed by atoms with van der Waals surface area (Å²) in [6.07, 6.45) is 2.55. The van der Waals surface area contributed by atoms with Crippen LogP contribution in [0.2, 0.25) is 0 Å². The Morgan fingerprint density at radius 1 is 1.42 bits per heavy atom. The molecule has 7 nitrogen and oxygen atoms in total. The van der Waals surface area contributed by atoms with Gasteiger partial charge in [0.2, 0.25) is 0 Å². The molecule has 1 aromatic carbocycles. The molecule has 1 fully saturated rings. The van der Waals surface area contributed by atoms with Crippen LogP contribution in [0.25, 0.3) is 5.69 Å². The Kier molecular flexibility index (Phi) is 5.16. The minimum Gasteiger partial charge on any atom is -0.488 e. The van der Waals surface area contributed by atoms with Crippen molar-refractivity contribution in [2.75, 3.05) is 25.4 Å². The van der Waals surface area contributed by atoms with Crippen molar-refractivity contribution < 1.29 is 9.13 Å². The van der Waals surface area contributed by atoms with Crippen molar-refractivity contribution in [3.05, 3.63) is 30.3 Å². The molecule has 0 aliphatic carbocycles. The summed E-state index contributed by atoms with van der Waals surface area (Å²) < 4.78 is 21.4. The number of tetrazole rings is 1. The van der Waals surface area contributed by atoms with E-state index in [0.717, 1.165) is 25.3 Å². The van der Waals surface area contributed by atoms with E-state index in [1.807, 2.05) is 11.8 Å². The van der Waals surface area contributed by atoms with Gasteiger partial charge in [-0.1, -0.05) is 6.92 Å². The first-order valence-corrected chi connectivity index (χ1v) is 9.76. The molecule has 0 bridgehead atoms. The minimum absolute atomic E-state index is 0.0793. The van der Waals surface area contributed by atoms with E-state index in [9.17, 15) is 4.39 Å². The molecule has 9 heteroatoms. The number of aromatic nitrogens is 4. The number of halogens is 1. The first-order chi connectivity index (χ1) is 12.7. The molecule has 0 spiro atoms. The Morgan fingerprint density at radius 3 is 3.12 bits per heavy atom. The molecule has 2 aliphatic heterocycles. The van der Waals surface area contributed by atoms with Gasteiger partial charge in [0, 0.05) is 17.7 Å². The lowest BCUT2D eigenvalue weighted by molar-refractivity contribution is 0.284. The summed E-state index contributed by atoms with van der Waals surface area (Å²) in [7, 11) is 0. The molecule has 1 N–H and O–H groups in total. The highest BCUT2D eigenvalue weighted by Gasteiger charge is 2.30. The summed E-state index contributed by atoms with van der Waals surface area (Å²) in [5.74, 6) is 1.84. The van der Waals surface area contributed by atoms with Crippen LogP contribution in [0.3, 0.4) is 0 Å². The average Bonchev–Trinajstić information content (AvgIpc) is 3.33. The Bertz CT molecular complexity index is 784. The van der Waals surface area contributed by atoms with Crippen molar-refractivity contribution >= 4 is 16.8 Å². The second-order valence-electron chi connectivity index (χ2n) is 6.69. The molecule has 0 amide bonds. The van der Waals surface area contributed by atoms with Gasteiger partial charge in [0.1, 0.15) is 12.9 Å². The maximum Gasteiger partial charge on any atom is 0.167 e. The van der Waals surface area contributed by atoms with E-state index in [-0.39, 0.29) is 11.8 Å². The third-order valence-electron chi connectivity index (χ3n) is 4.80. The molecule has 1 aromatic heterocycles. The molecule has 4 rings (SSSR count). The van der Waals surface area contributed by atoms with Crippen molar-refractivity contribution in [3.63, 3.8) is 0 Å². The van der Waals surface area contributed by atoms with Crippen LogP contribution in [-0.2, 0) is 0 Å². The van der Waals surface area contributed by atoms with Crippen molar-refractivity contribution in [3.8, 4) is 11.4 Å². The van der Waals surface area contributed by atoms with Crippen LogP contribution in [0.1, 0.15) is 13.3 Å². The van der Waals surface area contributed by atoms with Crippen molar-refractivity contribution in [1.29, 1.82) is 0 Å². The first kappa shape index (κ1) is 17.4. The lowest BCUT2D eigenvalue weighted by atomic mass is 9.89. The quantitative estimate of drug-likeness (QED) is 0.859. The predicted molar refractivity (Wildman–Crippen MR) is 98.4 cm³/mol. The molecular formula is C17H21FN6OS. The van der Waals surface area contributed by atoms with Gasteiger partial charge < -0.3 is 10.1 Å². The van der Waals surface area contributed by atoms with Gasteiger partial charge in [0.05, 0.1) is 16.8 Å². The summed E-state index contributed by atoms with van der Waals surface area (Å²) in [6, 6.07) is 4.77. The predicted octanol–water partition coefficient (Wildman–Crippen LogP) is 1.94. The fraction of sp³-hybridized carbons (Fsp3) is 0.529. The smallest absolute Gasteiger partial charge is 0.167 e. The van der Waals surface area contributed by atoms with Crippen molar-refractivity contribution in [2.24, 2.45) is 16.8 Å². The number of rotatable bonds is 5. The van der Waals surface area contributed by atoms with E-state index >= 15 is 0 Å². The Hall–Kier alpha value is -2.00. The zero-order valence-corrected chi connectivity index (χ0v) is 15.3. The Balaban J connectivity index is 1.37. The molecule has 1 saturated heterocycles. The van der Waals surface area contributed by atoms with Gasteiger partial charge in [0.25, 0.3) is 0 Å². The van der Waals surface area contributed by atoms with Crippen LogP contribution in [0.5, 0.6) is 5.75 Å². The van der Waals surface area contributed by atoms with Gasteiger partial charge in [0.15, 0.2) is 11.6 Å². The summed E-state index contributed by atoms with van der Waals surface area (Å²) >= 11 is 1.82. The molecule has 0 radical (unpaired) electrons. The second-order valence-corrected chi connectivity index (χ2v) is 7.73. The fourth-order valence-electron chi connectivity index (χ4n) is 3.32. The SMILES string of the molecule is C[C@H]1CNCC[C@H]1C1=NC(COc2ccc(-n3cnnn3)cc2F)CS1. The maximum absolute atomic E-state index is 14.3. The van der Waals surface area contributed by atoms with Gasteiger partial charge >= 0.3 is 0 Å². The lowest BCUT2D eigenvalue weighted by Crippen LogP contribution is -2.37. The molecule has 1 unspecified atom stereocenters. The van der Waals surface area contributed by atoms with Gasteiger partial charge in [-0.2, -0.15) is 0 Å². The minimum atomic E-state index is -0.431. The summed E-state index contributed by atoms with van der Waals surface area (Å²) in [5, 5.41) is 15.5. The van der Waals surface area contributed by atoms with E-state index in [0.29, 0.717) is 24.1 Å². The van der Waals surface area contributed by atoms with E-state index in [2.05, 4.69) is 27.8 Å². The van der Waals surface area contributed by atoms with Crippen LogP contribution in [-0.4, -0.2) is 56.7 Å². The molecule has 3 atom stereocenters. The average molecular weight is 376 g/mol. The number of thioether (sulfide) groups is 1. The summed E-state index contributed by atoms with van der Waals surface area (Å²) in [4.78, 5) is 4.84. The molecular weight excluding hydrogens is 355 g/mol. The number of piperidine rings is 1. The maximum atomic E-state index is 14.3. The number of hydrogen-bond acceptors (Lipinski definition) is 7. The van der Waals surface area contributed by atoms with Crippen molar-refractivity contribution in [2.45, 2.75) is 19.4 Å². The summed E-state index contributed by atoms with van der Waals surface area (Å²) in [6.45, 7) is 4.75. The Labute approximate surface area is 155 Å². The molecule has 2 aromatic rings. The molecule has 3 heterocycles. The largest absolute Gasteiger partial charge is 0.488 e. The monoisotopic (exact) mass is 376 g/mol. The van der Waals surface area contributed by atoms with Crippen LogP contribution in [0, 0.1) is 17.7 Å². The van der Waals surface area contributed by atoms with E-state index < -0.39 is 5.82 Å². The standard InChI is InChI=1S/C17H21FN6OS/c1-11-7-19-5-4-14(11)17-21-12(9-26-17)8-25-16-3-2-13(6-15(16)18)24-10-20-22-23-24/h2-3,6,10-12,14,19H,4-5,7-9H2,1H3/t11-,12?,14+/m0/s1. The third kappa shape index (κ3) is 3.73. The number of hydrogen-bond donors (Lipinski definition) is 1. The van der Waals surface area contributed by atoms with Crippen LogP contribution in [0.15, 0.2) is 29.5 Å². The number of nitrogens with zero attached hydrogens (tertiary/aromatic N) is 5. The van der Waals surface area contributed by atoms with Gasteiger partial charge in [-0.05, 0) is 48.0 Å². The number of ether oxygens (including phenoxy) is 1. The number of nitrogens with one attached hydrogen (secondary N) is 1. The van der Waals surface area contributed by atoms with Gasteiger partial charge in [-0.15, -0.1) is 16.9 Å². The highest BCUT2D eigenvalue weighted by atomic mass is 32.2. The highest BCUT2D eigenvalue weighted by Crippen LogP contribution is 2.31. The van der Waals surface area contributed by atoms with Crippen LogP contribution < -0.4 is 10.1 Å². The zero-order valence-electron chi connectivity index (χ0n) is 14.5. The number of aliphatic imine (C=N–C) groups is 1. The first-order valence-electron chi connectivity index (χ1n) is 8.77. The van der Waals surface area contributed by atoms with E-state index in [1.165, 1.54) is 22.1 Å². The highest BCUT2D eigenvalue weighted by molar-refractivity contribution is 8.14. The van der Waals surface area contributed by atoms with Gasteiger partial charge in [-0.3, -0.25) is 4.99 Å². The topological polar surface area (TPSA) is 77.2 Å². The van der Waals surface area contributed by atoms with Crippen molar-refractivity contribution in [1.82, 2.24) is 25.5 Å². The third-order valence-corrected chi connectivity index (χ3v) is 6.05. The molecule has 26 heavy (non-hydrogen) atoms. The van der Waals surface area contributed by atoms with E-state index in [4.69, 9.17) is 9.73 Å². The van der Waals surface area contributed by atoms with Crippen LogP contribution >= 0.6 is 11.8 Å².